The highest BCUT2D eigenvalue weighted by Crippen LogP contribution is 2.22. The molecule has 0 bridgehead atoms. The number of aliphatic hydroxyl groups excluding tert-OH is 1. The molecule has 0 saturated heterocycles. The fraction of sp³-hybridized carbons (Fsp3) is 0.364. The Hall–Kier alpha value is -1.22. The van der Waals surface area contributed by atoms with Crippen molar-refractivity contribution in [3.8, 4) is 0 Å². The van der Waals surface area contributed by atoms with Crippen LogP contribution in [0, 0.1) is 5.82 Å². The first-order chi connectivity index (χ1) is 9.19. The molecule has 1 aromatic carbocycles. The summed E-state index contributed by atoms with van der Waals surface area (Å²) in [7, 11) is -3.16. The lowest BCUT2D eigenvalue weighted by molar-refractivity contribution is -0.145. The lowest BCUT2D eigenvalue weighted by Gasteiger charge is -2.19. The third-order valence-electron chi connectivity index (χ3n) is 2.40. The second-order valence-electron chi connectivity index (χ2n) is 3.94. The highest BCUT2D eigenvalue weighted by atomic mass is 35.5. The Morgan fingerprint density at radius 2 is 2.10 bits per heavy atom. The molecule has 0 spiro atoms. The van der Waals surface area contributed by atoms with Gasteiger partial charge < -0.3 is 9.84 Å². The molecule has 9 heteroatoms. The van der Waals surface area contributed by atoms with E-state index >= 15 is 0 Å². The molecule has 0 radical (unpaired) electrons. The van der Waals surface area contributed by atoms with E-state index in [0.717, 1.165) is 25.3 Å². The Morgan fingerprint density at radius 3 is 2.55 bits per heavy atom. The van der Waals surface area contributed by atoms with E-state index in [0.29, 0.717) is 0 Å². The van der Waals surface area contributed by atoms with Crippen LogP contribution in [0.1, 0.15) is 6.92 Å². The van der Waals surface area contributed by atoms with Crippen LogP contribution in [0.25, 0.3) is 0 Å². The molecule has 1 rings (SSSR count). The molecular weight excluding hydrogens is 313 g/mol. The zero-order chi connectivity index (χ0) is 15.5. The molecule has 0 fully saturated rings. The summed E-state index contributed by atoms with van der Waals surface area (Å²) in [6, 6.07) is 1.20. The summed E-state index contributed by atoms with van der Waals surface area (Å²) < 4.78 is 43.4. The summed E-state index contributed by atoms with van der Waals surface area (Å²) in [5, 5.41) is 9.08. The topological polar surface area (TPSA) is 92.7 Å². The van der Waals surface area contributed by atoms with Crippen molar-refractivity contribution in [1.29, 1.82) is 0 Å². The highest BCUT2D eigenvalue weighted by molar-refractivity contribution is 7.89. The number of sulfonamides is 1. The average molecular weight is 326 g/mol. The van der Waals surface area contributed by atoms with E-state index in [-0.39, 0.29) is 5.02 Å². The minimum atomic E-state index is -4.22. The number of ether oxygens (including phenoxy) is 1. The predicted molar refractivity (Wildman–Crippen MR) is 69.2 cm³/mol. The number of carbonyl (C=O) groups excluding carboxylic acids is 1. The first-order valence-corrected chi connectivity index (χ1v) is 7.28. The third kappa shape index (κ3) is 3.89. The molecule has 0 saturated carbocycles. The van der Waals surface area contributed by atoms with Crippen molar-refractivity contribution in [3.63, 3.8) is 0 Å². The van der Waals surface area contributed by atoms with Gasteiger partial charge in [-0.1, -0.05) is 11.6 Å². The maximum Gasteiger partial charge on any atom is 0.326 e. The smallest absolute Gasteiger partial charge is 0.326 e. The SMILES string of the molecule is COC(=O)[C@H](NS(=O)(=O)c1ccc(F)cc1Cl)[C@@H](C)O. The van der Waals surface area contributed by atoms with E-state index in [2.05, 4.69) is 4.74 Å². The molecule has 2 N–H and O–H groups in total. The van der Waals surface area contributed by atoms with Crippen molar-refractivity contribution in [2.24, 2.45) is 0 Å². The van der Waals surface area contributed by atoms with Gasteiger partial charge in [-0.2, -0.15) is 4.72 Å². The second kappa shape index (κ2) is 6.49. The summed E-state index contributed by atoms with van der Waals surface area (Å²) in [6.45, 7) is 1.22. The Kier molecular flexibility index (Phi) is 5.46. The number of hydrogen-bond acceptors (Lipinski definition) is 5. The van der Waals surface area contributed by atoms with Crippen LogP contribution in [0.4, 0.5) is 4.39 Å². The fourth-order valence-corrected chi connectivity index (χ4v) is 3.18. The highest BCUT2D eigenvalue weighted by Gasteiger charge is 2.31. The molecule has 1 aromatic rings. The molecule has 0 aliphatic carbocycles. The van der Waals surface area contributed by atoms with Crippen LogP contribution in [0.3, 0.4) is 0 Å². The number of benzene rings is 1. The van der Waals surface area contributed by atoms with E-state index in [1.54, 1.807) is 0 Å². The average Bonchev–Trinajstić information content (AvgIpc) is 2.34. The molecular formula is C11H13ClFNO5S. The van der Waals surface area contributed by atoms with Gasteiger partial charge in [0.2, 0.25) is 10.0 Å². The van der Waals surface area contributed by atoms with Crippen molar-refractivity contribution in [1.82, 2.24) is 4.72 Å². The minimum Gasteiger partial charge on any atom is -0.468 e. The first kappa shape index (κ1) is 16.8. The maximum absolute atomic E-state index is 12.9. The summed E-state index contributed by atoms with van der Waals surface area (Å²) in [4.78, 5) is 11.0. The van der Waals surface area contributed by atoms with Crippen molar-refractivity contribution in [2.75, 3.05) is 7.11 Å². The lowest BCUT2D eigenvalue weighted by atomic mass is 10.2. The van der Waals surface area contributed by atoms with Gasteiger partial charge in [0.25, 0.3) is 0 Å². The van der Waals surface area contributed by atoms with Crippen LogP contribution in [0.5, 0.6) is 0 Å². The molecule has 6 nitrogen and oxygen atoms in total. The number of nitrogens with one attached hydrogen (secondary N) is 1. The molecule has 0 amide bonds. The van der Waals surface area contributed by atoms with E-state index in [1.165, 1.54) is 6.92 Å². The zero-order valence-corrected chi connectivity index (χ0v) is 12.2. The Balaban J connectivity index is 3.13. The summed E-state index contributed by atoms with van der Waals surface area (Å²) in [5.74, 6) is -1.66. The predicted octanol–water partition coefficient (Wildman–Crippen LogP) is 0.680. The summed E-state index contributed by atoms with van der Waals surface area (Å²) >= 11 is 5.65. The lowest BCUT2D eigenvalue weighted by Crippen LogP contribution is -2.48. The number of hydrogen-bond donors (Lipinski definition) is 2. The van der Waals surface area contributed by atoms with Crippen molar-refractivity contribution in [2.45, 2.75) is 24.0 Å². The normalized spacial score (nSPS) is 14.7. The minimum absolute atomic E-state index is 0.341. The molecule has 0 aliphatic heterocycles. The monoisotopic (exact) mass is 325 g/mol. The van der Waals surface area contributed by atoms with Crippen LogP contribution in [0.15, 0.2) is 23.1 Å². The van der Waals surface area contributed by atoms with Crippen molar-refractivity contribution >= 4 is 27.6 Å². The Morgan fingerprint density at radius 1 is 1.50 bits per heavy atom. The maximum atomic E-state index is 12.9. The van der Waals surface area contributed by atoms with Gasteiger partial charge in [0.15, 0.2) is 0 Å². The number of carbonyl (C=O) groups is 1. The third-order valence-corrected chi connectivity index (χ3v) is 4.33. The number of aliphatic hydroxyl groups is 1. The quantitative estimate of drug-likeness (QED) is 0.777. The first-order valence-electron chi connectivity index (χ1n) is 5.42. The van der Waals surface area contributed by atoms with E-state index in [9.17, 15) is 22.7 Å². The summed E-state index contributed by atoms with van der Waals surface area (Å²) in [6.07, 6.45) is -1.32. The number of rotatable bonds is 5. The Labute approximate surface area is 120 Å². The van der Waals surface area contributed by atoms with Crippen LogP contribution < -0.4 is 4.72 Å². The van der Waals surface area contributed by atoms with Crippen molar-refractivity contribution < 1.29 is 27.4 Å². The molecule has 0 unspecified atom stereocenters. The van der Waals surface area contributed by atoms with Gasteiger partial charge in [0.1, 0.15) is 16.8 Å². The molecule has 2 atom stereocenters. The number of methoxy groups -OCH3 is 1. The van der Waals surface area contributed by atoms with E-state index in [1.807, 2.05) is 4.72 Å². The molecule has 112 valence electrons. The largest absolute Gasteiger partial charge is 0.468 e. The zero-order valence-electron chi connectivity index (χ0n) is 10.6. The second-order valence-corrected chi connectivity index (χ2v) is 6.03. The van der Waals surface area contributed by atoms with Gasteiger partial charge in [-0.05, 0) is 25.1 Å². The van der Waals surface area contributed by atoms with Gasteiger partial charge in [0.05, 0.1) is 18.2 Å². The van der Waals surface area contributed by atoms with Crippen molar-refractivity contribution in [3.05, 3.63) is 29.0 Å². The molecule has 0 aromatic heterocycles. The van der Waals surface area contributed by atoms with Crippen LogP contribution in [-0.4, -0.2) is 38.7 Å². The van der Waals surface area contributed by atoms with Crippen LogP contribution in [0.2, 0.25) is 5.02 Å². The van der Waals surface area contributed by atoms with Crippen LogP contribution in [-0.2, 0) is 19.6 Å². The van der Waals surface area contributed by atoms with E-state index < -0.39 is 38.9 Å². The van der Waals surface area contributed by atoms with Gasteiger partial charge in [-0.3, -0.25) is 4.79 Å². The number of halogens is 2. The fourth-order valence-electron chi connectivity index (χ4n) is 1.39. The van der Waals surface area contributed by atoms with Gasteiger partial charge in [0, 0.05) is 0 Å². The van der Waals surface area contributed by atoms with Gasteiger partial charge in [-0.25, -0.2) is 12.8 Å². The van der Waals surface area contributed by atoms with Crippen LogP contribution >= 0.6 is 11.6 Å². The van der Waals surface area contributed by atoms with Gasteiger partial charge in [-0.15, -0.1) is 0 Å². The number of esters is 1. The summed E-state index contributed by atoms with van der Waals surface area (Å²) in [5.41, 5.74) is 0. The molecule has 0 aliphatic rings. The molecule has 20 heavy (non-hydrogen) atoms. The standard InChI is InChI=1S/C11H13ClFNO5S/c1-6(15)10(11(16)19-2)14-20(17,18)9-4-3-7(13)5-8(9)12/h3-6,10,14-15H,1-2H3/t6-,10-/m1/s1. The van der Waals surface area contributed by atoms with E-state index in [4.69, 9.17) is 11.6 Å². The Bertz CT molecular complexity index is 605. The molecule has 0 heterocycles. The van der Waals surface area contributed by atoms with Gasteiger partial charge >= 0.3 is 5.97 Å².